The molecule has 9 nitrogen and oxygen atoms in total. The summed E-state index contributed by atoms with van der Waals surface area (Å²) >= 11 is 6.37. The summed E-state index contributed by atoms with van der Waals surface area (Å²) in [6.45, 7) is 4.31. The Labute approximate surface area is 177 Å². The number of pyridine rings is 2. The fourth-order valence-electron chi connectivity index (χ4n) is 3.52. The van der Waals surface area contributed by atoms with Gasteiger partial charge in [-0.2, -0.15) is 9.97 Å². The zero-order valence-electron chi connectivity index (χ0n) is 16.8. The van der Waals surface area contributed by atoms with Gasteiger partial charge in [0.1, 0.15) is 11.3 Å². The first-order valence-electron chi connectivity index (χ1n) is 9.20. The molecule has 4 heterocycles. The number of halogens is 1. The van der Waals surface area contributed by atoms with E-state index in [1.807, 2.05) is 26.0 Å². The van der Waals surface area contributed by atoms with E-state index in [9.17, 15) is 4.79 Å². The van der Waals surface area contributed by atoms with Crippen LogP contribution in [0.15, 0.2) is 35.5 Å². The lowest BCUT2D eigenvalue weighted by atomic mass is 10.1. The van der Waals surface area contributed by atoms with Crippen molar-refractivity contribution in [2.45, 2.75) is 26.9 Å². The van der Waals surface area contributed by atoms with Gasteiger partial charge in [0.2, 0.25) is 5.95 Å². The normalized spacial score (nSPS) is 11.2. The summed E-state index contributed by atoms with van der Waals surface area (Å²) in [6, 6.07) is 3.66. The highest BCUT2D eigenvalue weighted by Gasteiger charge is 2.21. The monoisotopic (exact) mass is 425 g/mol. The summed E-state index contributed by atoms with van der Waals surface area (Å²) in [7, 11) is 1.61. The van der Waals surface area contributed by atoms with Crippen molar-refractivity contribution in [3.63, 3.8) is 0 Å². The molecule has 0 spiro atoms. The highest BCUT2D eigenvalue weighted by molar-refractivity contribution is 6.33. The average molecular weight is 426 g/mol. The Bertz CT molecular complexity index is 1300. The molecule has 0 saturated heterocycles. The second-order valence-corrected chi connectivity index (χ2v) is 7.26. The van der Waals surface area contributed by atoms with Crippen LogP contribution >= 0.6 is 11.6 Å². The third-order valence-electron chi connectivity index (χ3n) is 4.98. The van der Waals surface area contributed by atoms with Crippen LogP contribution in [0.4, 0.5) is 5.95 Å². The Hall–Kier alpha value is -3.46. The first kappa shape index (κ1) is 19.8. The molecule has 0 atom stereocenters. The number of hydrogen-bond donors (Lipinski definition) is 1. The number of ether oxygens (including phenoxy) is 1. The maximum absolute atomic E-state index is 13.4. The molecule has 4 aromatic rings. The van der Waals surface area contributed by atoms with Crippen LogP contribution in [0, 0.1) is 13.8 Å². The summed E-state index contributed by atoms with van der Waals surface area (Å²) in [6.07, 6.45) is 5.06. The molecule has 4 aromatic heterocycles. The number of hydrogen-bond acceptors (Lipinski definition) is 7. The molecule has 10 heteroatoms. The van der Waals surface area contributed by atoms with Gasteiger partial charge in [-0.15, -0.1) is 0 Å². The Morgan fingerprint density at radius 3 is 2.57 bits per heavy atom. The number of aryl methyl sites for hydroxylation is 1. The predicted molar refractivity (Wildman–Crippen MR) is 114 cm³/mol. The Kier molecular flexibility index (Phi) is 5.13. The van der Waals surface area contributed by atoms with Crippen LogP contribution in [-0.4, -0.2) is 36.2 Å². The van der Waals surface area contributed by atoms with Crippen LogP contribution in [0.25, 0.3) is 11.2 Å². The van der Waals surface area contributed by atoms with E-state index in [1.165, 1.54) is 9.13 Å². The van der Waals surface area contributed by atoms with Crippen molar-refractivity contribution in [3.8, 4) is 5.75 Å². The van der Waals surface area contributed by atoms with Crippen molar-refractivity contribution in [2.75, 3.05) is 12.8 Å². The number of nitrogen functional groups attached to an aromatic ring is 1. The molecule has 0 bridgehead atoms. The summed E-state index contributed by atoms with van der Waals surface area (Å²) in [4.78, 5) is 30.2. The predicted octanol–water partition coefficient (Wildman–Crippen LogP) is 2.34. The van der Waals surface area contributed by atoms with Crippen LogP contribution in [0.2, 0.25) is 5.15 Å². The van der Waals surface area contributed by atoms with Crippen LogP contribution < -0.4 is 16.2 Å². The van der Waals surface area contributed by atoms with Gasteiger partial charge in [0.05, 0.1) is 25.9 Å². The molecule has 0 aromatic carbocycles. The molecule has 0 aliphatic rings. The smallest absolute Gasteiger partial charge is 0.331 e. The molecule has 0 aliphatic heterocycles. The van der Waals surface area contributed by atoms with Crippen molar-refractivity contribution in [2.24, 2.45) is 0 Å². The summed E-state index contributed by atoms with van der Waals surface area (Å²) in [5.74, 6) is 0.731. The molecule has 0 radical (unpaired) electrons. The maximum atomic E-state index is 13.4. The standard InChI is InChI=1S/C20H20ClN7O2/c1-11-8-24-14(12(2)16(11)30-3)10-28-18-15(17(21)25-19(22)26-18)27(20(28)29)9-13-4-6-23-7-5-13/h4-8H,9-10H2,1-3H3,(H2,22,25,26). The highest BCUT2D eigenvalue weighted by Crippen LogP contribution is 2.26. The topological polar surface area (TPSA) is 114 Å². The van der Waals surface area contributed by atoms with Crippen molar-refractivity contribution in [1.82, 2.24) is 29.1 Å². The molecule has 0 amide bonds. The molecular weight excluding hydrogens is 406 g/mol. The molecule has 0 aliphatic carbocycles. The quantitative estimate of drug-likeness (QED) is 0.488. The number of rotatable bonds is 5. The Balaban J connectivity index is 1.91. The fourth-order valence-corrected chi connectivity index (χ4v) is 3.80. The molecule has 154 valence electrons. The minimum atomic E-state index is -0.288. The van der Waals surface area contributed by atoms with E-state index in [1.54, 1.807) is 25.7 Å². The minimum Gasteiger partial charge on any atom is -0.496 e. The van der Waals surface area contributed by atoms with Crippen molar-refractivity contribution in [3.05, 3.63) is 68.7 Å². The van der Waals surface area contributed by atoms with Gasteiger partial charge in [0.15, 0.2) is 10.8 Å². The van der Waals surface area contributed by atoms with Gasteiger partial charge in [-0.3, -0.25) is 19.1 Å². The van der Waals surface area contributed by atoms with Gasteiger partial charge >= 0.3 is 5.69 Å². The zero-order chi connectivity index (χ0) is 21.4. The maximum Gasteiger partial charge on any atom is 0.331 e. The van der Waals surface area contributed by atoms with Gasteiger partial charge in [0, 0.05) is 29.7 Å². The van der Waals surface area contributed by atoms with E-state index in [0.29, 0.717) is 23.4 Å². The van der Waals surface area contributed by atoms with Gasteiger partial charge in [-0.05, 0) is 31.5 Å². The van der Waals surface area contributed by atoms with E-state index in [4.69, 9.17) is 22.1 Å². The second kappa shape index (κ2) is 7.75. The molecule has 0 unspecified atom stereocenters. The zero-order valence-corrected chi connectivity index (χ0v) is 17.5. The minimum absolute atomic E-state index is 0.00604. The van der Waals surface area contributed by atoms with E-state index in [-0.39, 0.29) is 23.3 Å². The number of anilines is 1. The number of nitrogens with two attached hydrogens (primary N) is 1. The van der Waals surface area contributed by atoms with Crippen LogP contribution in [0.1, 0.15) is 22.4 Å². The van der Waals surface area contributed by atoms with Gasteiger partial charge < -0.3 is 10.5 Å². The summed E-state index contributed by atoms with van der Waals surface area (Å²) < 4.78 is 8.53. The van der Waals surface area contributed by atoms with E-state index >= 15 is 0 Å². The molecule has 0 saturated carbocycles. The number of fused-ring (bicyclic) bond motifs is 1. The van der Waals surface area contributed by atoms with E-state index in [2.05, 4.69) is 19.9 Å². The Morgan fingerprint density at radius 2 is 1.87 bits per heavy atom. The average Bonchev–Trinajstić information content (AvgIpc) is 2.97. The Morgan fingerprint density at radius 1 is 1.13 bits per heavy atom. The van der Waals surface area contributed by atoms with Crippen molar-refractivity contribution >= 4 is 28.7 Å². The largest absolute Gasteiger partial charge is 0.496 e. The van der Waals surface area contributed by atoms with Gasteiger partial charge in [-0.1, -0.05) is 11.6 Å². The summed E-state index contributed by atoms with van der Waals surface area (Å²) in [5, 5.41) is 0.119. The number of aromatic nitrogens is 6. The SMILES string of the molecule is COc1c(C)cnc(Cn2c(=O)n(Cc3ccncc3)c3c(Cl)nc(N)nc32)c1C. The molecule has 4 rings (SSSR count). The van der Waals surface area contributed by atoms with Crippen LogP contribution in [-0.2, 0) is 13.1 Å². The molecule has 30 heavy (non-hydrogen) atoms. The third-order valence-corrected chi connectivity index (χ3v) is 5.24. The molecular formula is C20H20ClN7O2. The molecule has 0 fully saturated rings. The van der Waals surface area contributed by atoms with Crippen molar-refractivity contribution < 1.29 is 4.74 Å². The van der Waals surface area contributed by atoms with Crippen molar-refractivity contribution in [1.29, 1.82) is 0 Å². The lowest BCUT2D eigenvalue weighted by Gasteiger charge is -2.12. The fraction of sp³-hybridized carbons (Fsp3) is 0.250. The second-order valence-electron chi connectivity index (χ2n) is 6.90. The van der Waals surface area contributed by atoms with E-state index in [0.717, 1.165) is 22.4 Å². The van der Waals surface area contributed by atoms with Crippen LogP contribution in [0.5, 0.6) is 5.75 Å². The summed E-state index contributed by atoms with van der Waals surface area (Å²) in [5.41, 5.74) is 9.66. The van der Waals surface area contributed by atoms with E-state index < -0.39 is 0 Å². The lowest BCUT2D eigenvalue weighted by molar-refractivity contribution is 0.406. The number of imidazole rings is 1. The number of methoxy groups -OCH3 is 1. The lowest BCUT2D eigenvalue weighted by Crippen LogP contribution is -2.26. The first-order valence-corrected chi connectivity index (χ1v) is 9.58. The highest BCUT2D eigenvalue weighted by atomic mass is 35.5. The third kappa shape index (κ3) is 3.37. The van der Waals surface area contributed by atoms with Gasteiger partial charge in [-0.25, -0.2) is 4.79 Å². The van der Waals surface area contributed by atoms with Crippen LogP contribution in [0.3, 0.4) is 0 Å². The molecule has 2 N–H and O–H groups in total. The first-order chi connectivity index (χ1) is 14.4. The number of nitrogens with zero attached hydrogens (tertiary/aromatic N) is 6. The van der Waals surface area contributed by atoms with Gasteiger partial charge in [0.25, 0.3) is 0 Å².